The molecular weight excluding hydrogens is 539 g/mol. The van der Waals surface area contributed by atoms with Crippen LogP contribution in [0.3, 0.4) is 0 Å². The second kappa shape index (κ2) is 9.74. The molecule has 0 aliphatic rings. The molecule has 2 aromatic carbocycles. The zero-order chi connectivity index (χ0) is 19.9. The Balaban J connectivity index is 1.50. The van der Waals surface area contributed by atoms with Crippen LogP contribution >= 0.6 is 38.5 Å². The van der Waals surface area contributed by atoms with E-state index in [1.165, 1.54) is 6.21 Å². The van der Waals surface area contributed by atoms with Gasteiger partial charge in [-0.05, 0) is 81.0 Å². The maximum atomic E-state index is 11.9. The van der Waals surface area contributed by atoms with Gasteiger partial charge in [-0.3, -0.25) is 4.79 Å². The van der Waals surface area contributed by atoms with Gasteiger partial charge in [-0.15, -0.1) is 0 Å². The van der Waals surface area contributed by atoms with E-state index in [9.17, 15) is 4.79 Å². The number of amides is 1. The van der Waals surface area contributed by atoms with Gasteiger partial charge in [0.2, 0.25) is 0 Å². The van der Waals surface area contributed by atoms with E-state index in [-0.39, 0.29) is 12.5 Å². The predicted molar refractivity (Wildman–Crippen MR) is 119 cm³/mol. The number of hydrazone groups is 1. The second-order valence-corrected chi connectivity index (χ2v) is 7.69. The van der Waals surface area contributed by atoms with Gasteiger partial charge in [0.25, 0.3) is 5.91 Å². The molecule has 3 rings (SSSR count). The Morgan fingerprint density at radius 2 is 2.00 bits per heavy atom. The molecule has 0 radical (unpaired) electrons. The molecule has 8 heteroatoms. The lowest BCUT2D eigenvalue weighted by Crippen LogP contribution is -2.24. The second-order valence-electron chi connectivity index (χ2n) is 5.59. The molecule has 0 spiro atoms. The Labute approximate surface area is 184 Å². The first-order chi connectivity index (χ1) is 13.5. The van der Waals surface area contributed by atoms with Gasteiger partial charge in [0.05, 0.1) is 17.8 Å². The van der Waals surface area contributed by atoms with Crippen LogP contribution < -0.4 is 14.9 Å². The molecule has 0 bridgehead atoms. The average molecular weight is 555 g/mol. The average Bonchev–Trinajstić information content (AvgIpc) is 3.16. The number of carbonyl (C=O) groups is 1. The Morgan fingerprint density at radius 1 is 1.21 bits per heavy atom. The summed E-state index contributed by atoms with van der Waals surface area (Å²) >= 11 is 5.62. The molecule has 1 aromatic heterocycles. The van der Waals surface area contributed by atoms with Crippen LogP contribution in [0, 0.1) is 3.57 Å². The van der Waals surface area contributed by atoms with E-state index in [1.54, 1.807) is 31.4 Å². The van der Waals surface area contributed by atoms with E-state index in [1.807, 2.05) is 30.3 Å². The van der Waals surface area contributed by atoms with Crippen molar-refractivity contribution in [1.29, 1.82) is 0 Å². The normalized spacial score (nSPS) is 10.8. The fourth-order valence-corrected chi connectivity index (χ4v) is 3.09. The van der Waals surface area contributed by atoms with Gasteiger partial charge in [-0.2, -0.15) is 5.10 Å². The van der Waals surface area contributed by atoms with Crippen molar-refractivity contribution in [2.45, 2.75) is 0 Å². The Hall–Kier alpha value is -2.33. The van der Waals surface area contributed by atoms with Crippen molar-refractivity contribution in [3.63, 3.8) is 0 Å². The highest BCUT2D eigenvalue weighted by Gasteiger charge is 2.07. The highest BCUT2D eigenvalue weighted by Crippen LogP contribution is 2.29. The van der Waals surface area contributed by atoms with Crippen molar-refractivity contribution in [2.75, 3.05) is 13.7 Å². The number of nitrogens with one attached hydrogen (secondary N) is 1. The monoisotopic (exact) mass is 554 g/mol. The minimum absolute atomic E-state index is 0.172. The summed E-state index contributed by atoms with van der Waals surface area (Å²) in [5.41, 5.74) is 3.38. The molecule has 1 heterocycles. The number of benzene rings is 2. The lowest BCUT2D eigenvalue weighted by molar-refractivity contribution is -0.123. The number of hydrogen-bond acceptors (Lipinski definition) is 5. The lowest BCUT2D eigenvalue weighted by Gasteiger charge is -2.08. The van der Waals surface area contributed by atoms with Crippen molar-refractivity contribution in [2.24, 2.45) is 5.10 Å². The summed E-state index contributed by atoms with van der Waals surface area (Å²) < 4.78 is 18.1. The third kappa shape index (κ3) is 5.59. The summed E-state index contributed by atoms with van der Waals surface area (Å²) in [6.07, 6.45) is 1.44. The molecule has 0 atom stereocenters. The van der Waals surface area contributed by atoms with Crippen LogP contribution in [-0.2, 0) is 4.79 Å². The highest BCUT2D eigenvalue weighted by atomic mass is 127. The standard InChI is InChI=1S/C20H16BrIN2O4/c1-26-15-6-9-19(17(21)10-15)27-12-20(25)24-23-11-16-7-8-18(28-16)13-2-4-14(22)5-3-13/h2-11H,12H2,1H3,(H,24,25)/b23-11-. The summed E-state index contributed by atoms with van der Waals surface area (Å²) in [4.78, 5) is 11.9. The SMILES string of the molecule is COc1ccc(OCC(=O)N/N=C\c2ccc(-c3ccc(I)cc3)o2)c(Br)c1. The fraction of sp³-hybridized carbons (Fsp3) is 0.100. The third-order valence-electron chi connectivity index (χ3n) is 3.63. The van der Waals surface area contributed by atoms with E-state index in [0.717, 1.165) is 14.9 Å². The van der Waals surface area contributed by atoms with Gasteiger partial charge in [-0.25, -0.2) is 5.43 Å². The van der Waals surface area contributed by atoms with E-state index < -0.39 is 0 Å². The minimum atomic E-state index is -0.386. The van der Waals surface area contributed by atoms with Crippen molar-refractivity contribution in [3.05, 3.63) is 68.4 Å². The number of ether oxygens (including phenoxy) is 2. The van der Waals surface area contributed by atoms with Crippen molar-refractivity contribution >= 4 is 50.6 Å². The summed E-state index contributed by atoms with van der Waals surface area (Å²) in [6, 6.07) is 16.8. The minimum Gasteiger partial charge on any atom is -0.497 e. The van der Waals surface area contributed by atoms with Crippen LogP contribution in [0.25, 0.3) is 11.3 Å². The molecule has 0 aliphatic carbocycles. The molecule has 0 fully saturated rings. The third-order valence-corrected chi connectivity index (χ3v) is 4.97. The van der Waals surface area contributed by atoms with Gasteiger partial charge in [0, 0.05) is 9.13 Å². The summed E-state index contributed by atoms with van der Waals surface area (Å²) in [6.45, 7) is -0.172. The first kappa shape index (κ1) is 20.4. The molecule has 6 nitrogen and oxygen atoms in total. The van der Waals surface area contributed by atoms with Gasteiger partial charge in [-0.1, -0.05) is 12.1 Å². The van der Waals surface area contributed by atoms with Crippen LogP contribution in [0.5, 0.6) is 11.5 Å². The summed E-state index contributed by atoms with van der Waals surface area (Å²) in [5.74, 6) is 2.11. The molecule has 1 amide bonds. The molecule has 144 valence electrons. The number of hydrogen-bond donors (Lipinski definition) is 1. The first-order valence-electron chi connectivity index (χ1n) is 8.19. The number of rotatable bonds is 7. The molecule has 1 N–H and O–H groups in total. The van der Waals surface area contributed by atoms with E-state index in [0.29, 0.717) is 21.7 Å². The molecule has 0 saturated carbocycles. The van der Waals surface area contributed by atoms with E-state index in [4.69, 9.17) is 13.9 Å². The summed E-state index contributed by atoms with van der Waals surface area (Å²) in [5, 5.41) is 3.89. The largest absolute Gasteiger partial charge is 0.497 e. The number of carbonyl (C=O) groups excluding carboxylic acids is 1. The fourth-order valence-electron chi connectivity index (χ4n) is 2.26. The first-order valence-corrected chi connectivity index (χ1v) is 10.1. The quantitative estimate of drug-likeness (QED) is 0.257. The number of furan rings is 1. The zero-order valence-electron chi connectivity index (χ0n) is 14.8. The number of halogens is 2. The van der Waals surface area contributed by atoms with Crippen molar-refractivity contribution in [3.8, 4) is 22.8 Å². The molecule has 0 unspecified atom stereocenters. The maximum Gasteiger partial charge on any atom is 0.277 e. The topological polar surface area (TPSA) is 73.1 Å². The van der Waals surface area contributed by atoms with Gasteiger partial charge in [0.1, 0.15) is 23.0 Å². The van der Waals surface area contributed by atoms with Crippen LogP contribution in [-0.4, -0.2) is 25.8 Å². The van der Waals surface area contributed by atoms with Gasteiger partial charge >= 0.3 is 0 Å². The van der Waals surface area contributed by atoms with E-state index >= 15 is 0 Å². The van der Waals surface area contributed by atoms with Crippen molar-refractivity contribution in [1.82, 2.24) is 5.43 Å². The van der Waals surface area contributed by atoms with Crippen LogP contribution in [0.4, 0.5) is 0 Å². The number of nitrogens with zero attached hydrogens (tertiary/aromatic N) is 1. The number of methoxy groups -OCH3 is 1. The van der Waals surface area contributed by atoms with E-state index in [2.05, 4.69) is 49.0 Å². The van der Waals surface area contributed by atoms with Crippen LogP contribution in [0.15, 0.2) is 68.6 Å². The van der Waals surface area contributed by atoms with Gasteiger partial charge in [0.15, 0.2) is 6.61 Å². The zero-order valence-corrected chi connectivity index (χ0v) is 18.6. The van der Waals surface area contributed by atoms with Gasteiger partial charge < -0.3 is 13.9 Å². The van der Waals surface area contributed by atoms with Crippen molar-refractivity contribution < 1.29 is 18.7 Å². The highest BCUT2D eigenvalue weighted by molar-refractivity contribution is 14.1. The Bertz CT molecular complexity index is 986. The maximum absolute atomic E-state index is 11.9. The van der Waals surface area contributed by atoms with Crippen LogP contribution in [0.2, 0.25) is 0 Å². The molecule has 3 aromatic rings. The predicted octanol–water partition coefficient (Wildman–Crippen LogP) is 4.85. The molecule has 28 heavy (non-hydrogen) atoms. The molecule has 0 saturated heterocycles. The molecular formula is C20H16BrIN2O4. The van der Waals surface area contributed by atoms with Crippen LogP contribution in [0.1, 0.15) is 5.76 Å². The molecule has 0 aliphatic heterocycles. The summed E-state index contributed by atoms with van der Waals surface area (Å²) in [7, 11) is 1.58. The Morgan fingerprint density at radius 3 is 2.71 bits per heavy atom. The smallest absolute Gasteiger partial charge is 0.277 e. The Kier molecular flexibility index (Phi) is 7.10. The lowest BCUT2D eigenvalue weighted by atomic mass is 10.2.